The van der Waals surface area contributed by atoms with Crippen LogP contribution < -0.4 is 10.6 Å². The number of nitrogens with zero attached hydrogens (tertiary/aromatic N) is 3. The molecule has 39 heavy (non-hydrogen) atoms. The number of hydrogen-bond donors (Lipinski definition) is 3. The van der Waals surface area contributed by atoms with Gasteiger partial charge >= 0.3 is 5.97 Å². The Morgan fingerprint density at radius 2 is 1.82 bits per heavy atom. The fraction of sp³-hybridized carbons (Fsp3) is 0.536. The number of likely N-dealkylation sites (tertiary alicyclic amines) is 1. The van der Waals surface area contributed by atoms with Crippen LogP contribution in [0.1, 0.15) is 57.8 Å². The quantitative estimate of drug-likeness (QED) is 0.409. The Morgan fingerprint density at radius 1 is 1.15 bits per heavy atom. The third kappa shape index (κ3) is 7.86. The molecule has 0 saturated carbocycles. The normalized spacial score (nSPS) is 17.1. The van der Waals surface area contributed by atoms with Crippen molar-refractivity contribution in [3.05, 3.63) is 41.0 Å². The molecule has 0 bridgehead atoms. The van der Waals surface area contributed by atoms with Gasteiger partial charge in [0.1, 0.15) is 12.1 Å². The largest absolute Gasteiger partial charge is 0.480 e. The van der Waals surface area contributed by atoms with Crippen LogP contribution in [0.3, 0.4) is 0 Å². The lowest BCUT2D eigenvalue weighted by Crippen LogP contribution is -2.58. The van der Waals surface area contributed by atoms with E-state index < -0.39 is 29.4 Å². The summed E-state index contributed by atoms with van der Waals surface area (Å²) in [5.74, 6) is -2.03. The molecule has 1 fully saturated rings. The van der Waals surface area contributed by atoms with Crippen LogP contribution in [-0.2, 0) is 19.2 Å². The molecule has 1 aromatic carbocycles. The minimum Gasteiger partial charge on any atom is -0.480 e. The molecule has 2 aromatic rings. The Bertz CT molecular complexity index is 1190. The van der Waals surface area contributed by atoms with Gasteiger partial charge < -0.3 is 20.6 Å². The average Bonchev–Trinajstić information content (AvgIpc) is 3.50. The number of aromatic nitrogens is 1. The van der Waals surface area contributed by atoms with Crippen LogP contribution in [0.2, 0.25) is 0 Å². The van der Waals surface area contributed by atoms with E-state index in [0.717, 1.165) is 21.7 Å². The first-order valence-corrected chi connectivity index (χ1v) is 14.0. The maximum atomic E-state index is 13.7. The summed E-state index contributed by atoms with van der Waals surface area (Å²) in [6.07, 6.45) is 1.23. The summed E-state index contributed by atoms with van der Waals surface area (Å²) in [6, 6.07) is 6.28. The summed E-state index contributed by atoms with van der Waals surface area (Å²) in [5, 5.41) is 14.8. The van der Waals surface area contributed by atoms with E-state index >= 15 is 0 Å². The predicted octanol–water partition coefficient (Wildman–Crippen LogP) is 2.83. The van der Waals surface area contributed by atoms with Crippen LogP contribution in [0.4, 0.5) is 0 Å². The van der Waals surface area contributed by atoms with Crippen LogP contribution in [0.25, 0.3) is 10.4 Å². The number of carbonyl (C=O) groups excluding carboxylic acids is 3. The molecule has 212 valence electrons. The number of amides is 3. The smallest absolute Gasteiger partial charge is 0.317 e. The number of carboxylic acid groups (broad SMARTS) is 1. The molecule has 1 saturated heterocycles. The zero-order chi connectivity index (χ0) is 28.9. The molecule has 10 nitrogen and oxygen atoms in total. The second kappa shape index (κ2) is 12.7. The number of aliphatic carboxylic acids is 1. The molecule has 3 atom stereocenters. The molecular formula is C28H39N5O5S. The number of thiazole rings is 1. The SMILES string of the molecule is Cc1ncsc1-c1ccc([C@H](C)NC(=O)[C@@H]2CCCN2C(=O)[C@@H](NC(=O)CN(C)CC(=O)O)C(C)(C)C)cc1. The summed E-state index contributed by atoms with van der Waals surface area (Å²) in [4.78, 5) is 58.9. The van der Waals surface area contributed by atoms with Gasteiger partial charge in [-0.05, 0) is 50.3 Å². The molecule has 0 aliphatic carbocycles. The molecule has 1 aliphatic heterocycles. The van der Waals surface area contributed by atoms with E-state index in [1.165, 1.54) is 11.9 Å². The fourth-order valence-corrected chi connectivity index (χ4v) is 5.56. The number of benzene rings is 1. The van der Waals surface area contributed by atoms with Crippen molar-refractivity contribution in [2.75, 3.05) is 26.7 Å². The van der Waals surface area contributed by atoms with Gasteiger partial charge in [0.05, 0.1) is 35.2 Å². The van der Waals surface area contributed by atoms with Gasteiger partial charge in [-0.25, -0.2) is 4.98 Å². The first-order chi connectivity index (χ1) is 18.3. The van der Waals surface area contributed by atoms with Gasteiger partial charge in [0.25, 0.3) is 0 Å². The van der Waals surface area contributed by atoms with E-state index in [0.29, 0.717) is 19.4 Å². The molecule has 1 aromatic heterocycles. The van der Waals surface area contributed by atoms with Crippen LogP contribution >= 0.6 is 11.3 Å². The predicted molar refractivity (Wildman–Crippen MR) is 150 cm³/mol. The Morgan fingerprint density at radius 3 is 2.38 bits per heavy atom. The van der Waals surface area contributed by atoms with Gasteiger partial charge in [-0.1, -0.05) is 45.0 Å². The Balaban J connectivity index is 1.66. The first kappa shape index (κ1) is 30.2. The lowest BCUT2D eigenvalue weighted by Gasteiger charge is -2.36. The van der Waals surface area contributed by atoms with Gasteiger partial charge in [-0.3, -0.25) is 24.1 Å². The molecule has 3 N–H and O–H groups in total. The highest BCUT2D eigenvalue weighted by molar-refractivity contribution is 7.13. The van der Waals surface area contributed by atoms with Crippen molar-refractivity contribution in [3.63, 3.8) is 0 Å². The number of likely N-dealkylation sites (N-methyl/N-ethyl adjacent to an activating group) is 1. The second-order valence-electron chi connectivity index (χ2n) is 11.2. The summed E-state index contributed by atoms with van der Waals surface area (Å²) in [6.45, 7) is 9.42. The molecule has 11 heteroatoms. The maximum Gasteiger partial charge on any atom is 0.317 e. The average molecular weight is 558 g/mol. The van der Waals surface area contributed by atoms with E-state index in [2.05, 4.69) is 15.6 Å². The second-order valence-corrected chi connectivity index (χ2v) is 12.1. The molecule has 0 radical (unpaired) electrons. The summed E-state index contributed by atoms with van der Waals surface area (Å²) in [5.41, 5.74) is 4.22. The van der Waals surface area contributed by atoms with Crippen molar-refractivity contribution < 1.29 is 24.3 Å². The van der Waals surface area contributed by atoms with Crippen LogP contribution in [-0.4, -0.2) is 82.3 Å². The number of nitrogens with one attached hydrogen (secondary N) is 2. The lowest BCUT2D eigenvalue weighted by molar-refractivity contribution is -0.144. The Hall–Kier alpha value is -3.31. The van der Waals surface area contributed by atoms with E-state index in [1.54, 1.807) is 16.2 Å². The topological polar surface area (TPSA) is 132 Å². The molecule has 1 aliphatic rings. The van der Waals surface area contributed by atoms with E-state index in [4.69, 9.17) is 5.11 Å². The Labute approximate surface area is 233 Å². The highest BCUT2D eigenvalue weighted by Gasteiger charge is 2.42. The number of aryl methyl sites for hydroxylation is 1. The van der Waals surface area contributed by atoms with E-state index in [9.17, 15) is 19.2 Å². The molecule has 3 amide bonds. The van der Waals surface area contributed by atoms with Crippen molar-refractivity contribution in [2.24, 2.45) is 5.41 Å². The van der Waals surface area contributed by atoms with Gasteiger partial charge in [0, 0.05) is 6.54 Å². The fourth-order valence-electron chi connectivity index (χ4n) is 4.75. The molecule has 0 unspecified atom stereocenters. The third-order valence-corrected chi connectivity index (χ3v) is 7.83. The van der Waals surface area contributed by atoms with Crippen molar-refractivity contribution in [1.82, 2.24) is 25.4 Å². The minimum atomic E-state index is -1.04. The number of hydrogen-bond acceptors (Lipinski definition) is 7. The van der Waals surface area contributed by atoms with Crippen LogP contribution in [0.5, 0.6) is 0 Å². The lowest BCUT2D eigenvalue weighted by atomic mass is 9.85. The maximum absolute atomic E-state index is 13.7. The van der Waals surface area contributed by atoms with E-state index in [-0.39, 0.29) is 30.9 Å². The third-order valence-electron chi connectivity index (χ3n) is 6.85. The van der Waals surface area contributed by atoms with Crippen LogP contribution in [0.15, 0.2) is 29.8 Å². The van der Waals surface area contributed by atoms with Gasteiger partial charge in [0.2, 0.25) is 17.7 Å². The zero-order valence-corrected chi connectivity index (χ0v) is 24.3. The zero-order valence-electron chi connectivity index (χ0n) is 23.5. The van der Waals surface area contributed by atoms with Crippen molar-refractivity contribution in [2.45, 2.75) is 65.6 Å². The number of rotatable bonds is 10. The minimum absolute atomic E-state index is 0.158. The van der Waals surface area contributed by atoms with E-state index in [1.807, 2.05) is 64.4 Å². The van der Waals surface area contributed by atoms with Crippen LogP contribution in [0, 0.1) is 12.3 Å². The molecule has 0 spiro atoms. The molecular weight excluding hydrogens is 518 g/mol. The molecule has 3 rings (SSSR count). The highest BCUT2D eigenvalue weighted by Crippen LogP contribution is 2.29. The summed E-state index contributed by atoms with van der Waals surface area (Å²) in [7, 11) is 1.53. The van der Waals surface area contributed by atoms with Gasteiger partial charge in [0.15, 0.2) is 0 Å². The van der Waals surface area contributed by atoms with Gasteiger partial charge in [-0.2, -0.15) is 0 Å². The van der Waals surface area contributed by atoms with Gasteiger partial charge in [-0.15, -0.1) is 11.3 Å². The first-order valence-electron chi connectivity index (χ1n) is 13.1. The van der Waals surface area contributed by atoms with Crippen molar-refractivity contribution in [3.8, 4) is 10.4 Å². The standard InChI is InChI=1S/C28H39N5O5S/c1-17(19-9-11-20(12-10-19)24-18(2)29-16-39-24)30-26(37)21-8-7-13-33(21)27(38)25(28(3,4)5)31-22(34)14-32(6)15-23(35)36/h9-12,16-17,21,25H,7-8,13-15H2,1-6H3,(H,30,37)(H,31,34)(H,35,36)/t17-,21-,25+/m0/s1. The van der Waals surface area contributed by atoms with Crippen molar-refractivity contribution >= 4 is 35.0 Å². The summed E-state index contributed by atoms with van der Waals surface area (Å²) < 4.78 is 0. The number of carbonyl (C=O) groups is 4. The monoisotopic (exact) mass is 557 g/mol. The number of carboxylic acids is 1. The molecule has 2 heterocycles. The van der Waals surface area contributed by atoms with Crippen molar-refractivity contribution in [1.29, 1.82) is 0 Å². The highest BCUT2D eigenvalue weighted by atomic mass is 32.1. The summed E-state index contributed by atoms with van der Waals surface area (Å²) >= 11 is 1.59. The Kier molecular flexibility index (Phi) is 9.84.